The normalized spacial score (nSPS) is 13.9. The van der Waals surface area contributed by atoms with Crippen molar-refractivity contribution >= 4 is 31.7 Å². The number of hydrogen-bond donors (Lipinski definition) is 0. The van der Waals surface area contributed by atoms with E-state index >= 15 is 0 Å². The Balaban J connectivity index is 2.03. The van der Waals surface area contributed by atoms with Gasteiger partial charge in [-0.05, 0) is 37.8 Å². The third kappa shape index (κ3) is 3.39. The van der Waals surface area contributed by atoms with Gasteiger partial charge in [0.1, 0.15) is 0 Å². The molecule has 1 aliphatic rings. The fourth-order valence-corrected chi connectivity index (χ4v) is 4.88. The molecule has 2 aromatic rings. The van der Waals surface area contributed by atoms with Crippen molar-refractivity contribution in [1.29, 1.82) is 0 Å². The minimum Gasteiger partial charge on any atom is -0.476 e. The minimum atomic E-state index is -3.42. The van der Waals surface area contributed by atoms with E-state index in [0.29, 0.717) is 25.4 Å². The second-order valence-corrected chi connectivity index (χ2v) is 7.56. The molecule has 3 rings (SSSR count). The van der Waals surface area contributed by atoms with E-state index in [1.807, 2.05) is 57.2 Å². The van der Waals surface area contributed by atoms with Crippen molar-refractivity contribution in [2.75, 3.05) is 19.8 Å². The minimum absolute atomic E-state index is 0.180. The Kier molecular flexibility index (Phi) is 5.34. The zero-order valence-electron chi connectivity index (χ0n) is 14.7. The summed E-state index contributed by atoms with van der Waals surface area (Å²) in [6.45, 7) is 6.66. The molecular formula is C19H22O5Si. The molecule has 0 fully saturated rings. The summed E-state index contributed by atoms with van der Waals surface area (Å²) in [4.78, 5) is 13.0. The molecule has 0 spiro atoms. The van der Waals surface area contributed by atoms with Gasteiger partial charge in [0.2, 0.25) is 5.78 Å². The number of ketones is 1. The Morgan fingerprint density at radius 3 is 2.08 bits per heavy atom. The number of hydrogen-bond acceptors (Lipinski definition) is 5. The molecule has 0 heterocycles. The van der Waals surface area contributed by atoms with Crippen molar-refractivity contribution in [2.45, 2.75) is 20.8 Å². The third-order valence-corrected chi connectivity index (χ3v) is 6.29. The molecule has 0 saturated heterocycles. The van der Waals surface area contributed by atoms with Crippen molar-refractivity contribution < 1.29 is 22.5 Å². The van der Waals surface area contributed by atoms with Crippen LogP contribution in [0.2, 0.25) is 0 Å². The molecule has 132 valence electrons. The summed E-state index contributed by atoms with van der Waals surface area (Å²) in [5, 5.41) is 1.97. The highest BCUT2D eigenvalue weighted by molar-refractivity contribution is 6.54. The van der Waals surface area contributed by atoms with Gasteiger partial charge in [0.25, 0.3) is 0 Å². The van der Waals surface area contributed by atoms with Gasteiger partial charge in [0, 0.05) is 30.8 Å². The Bertz CT molecular complexity index is 792. The molecule has 2 aromatic carbocycles. The number of allylic oxidation sites excluding steroid dienone is 1. The number of benzene rings is 2. The summed E-state index contributed by atoms with van der Waals surface area (Å²) in [7, 11) is -3.42. The zero-order chi connectivity index (χ0) is 17.9. The van der Waals surface area contributed by atoms with Gasteiger partial charge >= 0.3 is 9.05 Å². The van der Waals surface area contributed by atoms with Crippen molar-refractivity contribution in [2.24, 2.45) is 0 Å². The van der Waals surface area contributed by atoms with E-state index in [1.165, 1.54) is 0 Å². The zero-order valence-corrected chi connectivity index (χ0v) is 15.7. The van der Waals surface area contributed by atoms with E-state index in [-0.39, 0.29) is 11.5 Å². The van der Waals surface area contributed by atoms with E-state index in [9.17, 15) is 4.79 Å². The van der Waals surface area contributed by atoms with E-state index in [4.69, 9.17) is 17.7 Å². The largest absolute Gasteiger partial charge is 0.749 e. The average Bonchev–Trinajstić information content (AvgIpc) is 2.60. The lowest BCUT2D eigenvalue weighted by Crippen LogP contribution is -2.49. The van der Waals surface area contributed by atoms with Gasteiger partial charge in [-0.25, -0.2) is 0 Å². The summed E-state index contributed by atoms with van der Waals surface area (Å²) >= 11 is 0. The number of carbonyl (C=O) groups is 1. The van der Waals surface area contributed by atoms with Gasteiger partial charge in [-0.15, -0.1) is 0 Å². The van der Waals surface area contributed by atoms with Crippen LogP contribution in [-0.4, -0.2) is 34.7 Å². The molecule has 6 heteroatoms. The Hall–Kier alpha value is -1.99. The van der Waals surface area contributed by atoms with Crippen LogP contribution in [0.1, 0.15) is 36.7 Å². The highest BCUT2D eigenvalue weighted by Gasteiger charge is 2.49. The summed E-state index contributed by atoms with van der Waals surface area (Å²) in [6, 6.07) is 11.6. The smallest absolute Gasteiger partial charge is 0.476 e. The molecule has 0 N–H and O–H groups in total. The molecule has 25 heavy (non-hydrogen) atoms. The highest BCUT2D eigenvalue weighted by Crippen LogP contribution is 2.33. The van der Waals surface area contributed by atoms with Gasteiger partial charge in [-0.1, -0.05) is 36.4 Å². The van der Waals surface area contributed by atoms with Crippen LogP contribution in [0.4, 0.5) is 0 Å². The highest BCUT2D eigenvalue weighted by atomic mass is 28.4. The van der Waals surface area contributed by atoms with Crippen molar-refractivity contribution in [3.05, 3.63) is 53.3 Å². The van der Waals surface area contributed by atoms with Crippen molar-refractivity contribution in [3.63, 3.8) is 0 Å². The van der Waals surface area contributed by atoms with Gasteiger partial charge in [-0.3, -0.25) is 4.79 Å². The first-order valence-corrected chi connectivity index (χ1v) is 10.2. The fourth-order valence-electron chi connectivity index (χ4n) is 2.97. The molecule has 0 atom stereocenters. The molecule has 0 bridgehead atoms. The Labute approximate surface area is 148 Å². The topological polar surface area (TPSA) is 54.0 Å². The average molecular weight is 358 g/mol. The maximum Gasteiger partial charge on any atom is 0.749 e. The predicted octanol–water partition coefficient (Wildman–Crippen LogP) is 3.94. The lowest BCUT2D eigenvalue weighted by Gasteiger charge is -2.29. The van der Waals surface area contributed by atoms with Crippen molar-refractivity contribution in [1.82, 2.24) is 0 Å². The van der Waals surface area contributed by atoms with E-state index < -0.39 is 9.05 Å². The molecule has 0 unspecified atom stereocenters. The number of rotatable bonds is 8. The quantitative estimate of drug-likeness (QED) is 0.669. The number of carbonyl (C=O) groups excluding carboxylic acids is 1. The van der Waals surface area contributed by atoms with Gasteiger partial charge in [0.05, 0.1) is 0 Å². The summed E-state index contributed by atoms with van der Waals surface area (Å²) in [6.07, 6.45) is 1.75. The SMILES string of the molecule is CCO[Si](OCC)(OCC)OC1=Cc2cccc3cccc(c23)C1=O. The Morgan fingerprint density at radius 2 is 1.48 bits per heavy atom. The molecule has 0 amide bonds. The maximum atomic E-state index is 13.0. The van der Waals surface area contributed by atoms with Crippen LogP contribution in [0.15, 0.2) is 42.2 Å². The van der Waals surface area contributed by atoms with Crippen LogP contribution in [0.25, 0.3) is 16.8 Å². The van der Waals surface area contributed by atoms with E-state index in [0.717, 1.165) is 16.3 Å². The monoisotopic (exact) mass is 358 g/mol. The van der Waals surface area contributed by atoms with Crippen LogP contribution in [0.3, 0.4) is 0 Å². The third-order valence-electron chi connectivity index (χ3n) is 3.89. The first-order valence-electron chi connectivity index (χ1n) is 8.53. The second kappa shape index (κ2) is 7.49. The molecule has 0 radical (unpaired) electrons. The number of Topliss-reactive ketones (excluding diaryl/α,β-unsaturated/α-hetero) is 1. The first-order chi connectivity index (χ1) is 12.1. The molecule has 1 aliphatic carbocycles. The fraction of sp³-hybridized carbons (Fsp3) is 0.316. The van der Waals surface area contributed by atoms with Crippen LogP contribution in [-0.2, 0) is 17.7 Å². The van der Waals surface area contributed by atoms with Crippen LogP contribution >= 0.6 is 0 Å². The standard InChI is InChI=1S/C19H22O5Si/c1-4-21-25(22-5-2,23-6-3)24-17-13-15-11-7-9-14-10-8-12-16(18(14)15)19(17)20/h7-13H,4-6H2,1-3H3. The molecular weight excluding hydrogens is 336 g/mol. The van der Waals surface area contributed by atoms with Gasteiger partial charge in [-0.2, -0.15) is 0 Å². The molecule has 0 aromatic heterocycles. The summed E-state index contributed by atoms with van der Waals surface area (Å²) in [5.41, 5.74) is 1.56. The van der Waals surface area contributed by atoms with E-state index in [2.05, 4.69) is 0 Å². The molecule has 0 saturated carbocycles. The van der Waals surface area contributed by atoms with Crippen LogP contribution in [0, 0.1) is 0 Å². The van der Waals surface area contributed by atoms with Gasteiger partial charge < -0.3 is 17.7 Å². The predicted molar refractivity (Wildman–Crippen MR) is 98.0 cm³/mol. The Morgan fingerprint density at radius 1 is 0.880 bits per heavy atom. The molecule has 5 nitrogen and oxygen atoms in total. The van der Waals surface area contributed by atoms with E-state index in [1.54, 1.807) is 6.08 Å². The van der Waals surface area contributed by atoms with Crippen LogP contribution in [0.5, 0.6) is 0 Å². The van der Waals surface area contributed by atoms with Gasteiger partial charge in [0.15, 0.2) is 5.76 Å². The first kappa shape index (κ1) is 17.8. The lowest BCUT2D eigenvalue weighted by molar-refractivity contribution is -0.00957. The summed E-state index contributed by atoms with van der Waals surface area (Å²) < 4.78 is 23.1. The van der Waals surface area contributed by atoms with Crippen LogP contribution < -0.4 is 0 Å². The second-order valence-electron chi connectivity index (χ2n) is 5.49. The van der Waals surface area contributed by atoms with Crippen molar-refractivity contribution in [3.8, 4) is 0 Å². The summed E-state index contributed by atoms with van der Waals surface area (Å²) in [5.74, 6) is 0.0218. The molecule has 0 aliphatic heterocycles. The maximum absolute atomic E-state index is 13.0. The lowest BCUT2D eigenvalue weighted by atomic mass is 9.91.